The van der Waals surface area contributed by atoms with Gasteiger partial charge in [0.1, 0.15) is 0 Å². The van der Waals surface area contributed by atoms with Crippen LogP contribution in [0, 0.1) is 0 Å². The zero-order chi connectivity index (χ0) is 27.0. The van der Waals surface area contributed by atoms with E-state index in [9.17, 15) is 13.3 Å². The summed E-state index contributed by atoms with van der Waals surface area (Å²) in [5.74, 6) is 0.473. The van der Waals surface area contributed by atoms with Crippen LogP contribution in [-0.4, -0.2) is 72.9 Å². The minimum Gasteiger partial charge on any atom is -0.0483 e. The van der Waals surface area contributed by atoms with Crippen molar-refractivity contribution < 1.29 is 18.0 Å². The molecule has 1 fully saturated rings. The van der Waals surface area contributed by atoms with E-state index in [1.54, 1.807) is 50.1 Å². The minimum atomic E-state index is -3.69. The van der Waals surface area contributed by atoms with Crippen LogP contribution in [0.3, 0.4) is 0 Å². The number of benzene rings is 2. The van der Waals surface area contributed by atoms with Gasteiger partial charge >= 0.3 is 198 Å². The molecule has 1 aromatic heterocycles. The molecule has 0 unspecified atom stereocenters. The summed E-state index contributed by atoms with van der Waals surface area (Å²) in [5.41, 5.74) is 7.71. The van der Waals surface area contributed by atoms with Crippen LogP contribution < -0.4 is 20.3 Å². The third-order valence-electron chi connectivity index (χ3n) is 6.50. The van der Waals surface area contributed by atoms with Crippen molar-refractivity contribution >= 4 is 57.8 Å². The molecule has 0 spiro atoms. The van der Waals surface area contributed by atoms with Gasteiger partial charge in [-0.15, -0.1) is 0 Å². The number of nitrogen functional groups attached to an aromatic ring is 1. The molecule has 1 saturated heterocycles. The van der Waals surface area contributed by atoms with Gasteiger partial charge < -0.3 is 0 Å². The van der Waals surface area contributed by atoms with Gasteiger partial charge in [0.2, 0.25) is 0 Å². The van der Waals surface area contributed by atoms with Gasteiger partial charge in [-0.3, -0.25) is 0 Å². The van der Waals surface area contributed by atoms with E-state index in [2.05, 4.69) is 20.1 Å². The molecule has 3 aromatic rings. The second kappa shape index (κ2) is 10.6. The standard InChI is InChI=1S/C24H32ClN6O4PS/c1-16(2)37(33,34)21-8-6-5-7-19(21)31(24-27-23(26)22(25)28-29-24)18-10-9-17(15-20(18)35-3)30-11-13-36(4,32)14-12-30/h5-10,15-16,32,36H,11-14H2,1-4H3,(H2,26,27,29). The van der Waals surface area contributed by atoms with Crippen LogP contribution in [-0.2, 0) is 9.84 Å². The number of aromatic nitrogens is 3. The Morgan fingerprint density at radius 2 is 1.81 bits per heavy atom. The summed E-state index contributed by atoms with van der Waals surface area (Å²) in [6.07, 6.45) is 1.57. The Morgan fingerprint density at radius 3 is 2.43 bits per heavy atom. The van der Waals surface area contributed by atoms with Crippen LogP contribution in [0.4, 0.5) is 28.8 Å². The van der Waals surface area contributed by atoms with Crippen LogP contribution in [0.25, 0.3) is 0 Å². The molecule has 1 aliphatic heterocycles. The fourth-order valence-corrected chi connectivity index (χ4v) is 7.25. The summed E-state index contributed by atoms with van der Waals surface area (Å²) in [6, 6.07) is 12.3. The summed E-state index contributed by atoms with van der Waals surface area (Å²) in [7, 11) is -4.28. The number of para-hydroxylation sites is 1. The van der Waals surface area contributed by atoms with Gasteiger partial charge in [0, 0.05) is 0 Å². The molecule has 0 saturated carbocycles. The molecule has 0 radical (unpaired) electrons. The third-order valence-corrected chi connectivity index (χ3v) is 11.6. The molecule has 3 N–H and O–H groups in total. The summed E-state index contributed by atoms with van der Waals surface area (Å²) >= 11 is 5.99. The number of anilines is 5. The van der Waals surface area contributed by atoms with Gasteiger partial charge in [-0.25, -0.2) is 0 Å². The number of halogens is 1. The van der Waals surface area contributed by atoms with Crippen LogP contribution in [0.15, 0.2) is 47.4 Å². The molecule has 2 heterocycles. The van der Waals surface area contributed by atoms with E-state index < -0.39 is 22.6 Å². The van der Waals surface area contributed by atoms with E-state index >= 15 is 0 Å². The van der Waals surface area contributed by atoms with Gasteiger partial charge in [-0.2, -0.15) is 0 Å². The van der Waals surface area contributed by atoms with Crippen molar-refractivity contribution in [1.82, 2.24) is 15.2 Å². The van der Waals surface area contributed by atoms with E-state index in [4.69, 9.17) is 22.1 Å². The number of methoxy groups -OCH3 is 1. The van der Waals surface area contributed by atoms with Gasteiger partial charge in [-0.05, 0) is 13.8 Å². The molecule has 10 nitrogen and oxygen atoms in total. The van der Waals surface area contributed by atoms with Crippen LogP contribution >= 0.6 is 19.1 Å². The first-order valence-electron chi connectivity index (χ1n) is 11.9. The van der Waals surface area contributed by atoms with Crippen LogP contribution in [0.1, 0.15) is 13.8 Å². The molecule has 0 amide bonds. The maximum absolute atomic E-state index is 13.3. The molecule has 37 heavy (non-hydrogen) atoms. The topological polar surface area (TPSA) is 135 Å². The molecule has 200 valence electrons. The van der Waals surface area contributed by atoms with Crippen molar-refractivity contribution in [3.63, 3.8) is 0 Å². The van der Waals surface area contributed by atoms with Gasteiger partial charge in [0.05, 0.1) is 0 Å². The number of hydrogen-bond acceptors (Lipinski definition) is 10. The quantitative estimate of drug-likeness (QED) is 0.406. The van der Waals surface area contributed by atoms with Gasteiger partial charge in [0.25, 0.3) is 0 Å². The second-order valence-electron chi connectivity index (χ2n) is 9.52. The van der Waals surface area contributed by atoms with E-state index in [-0.39, 0.29) is 21.8 Å². The number of sulfone groups is 1. The average molecular weight is 567 g/mol. The Kier molecular flexibility index (Phi) is 7.80. The van der Waals surface area contributed by atoms with Crippen molar-refractivity contribution in [2.75, 3.05) is 54.7 Å². The number of nitrogens with two attached hydrogens (primary N) is 1. The normalized spacial score (nSPS) is 16.5. The Labute approximate surface area is 222 Å². The molecule has 4 rings (SSSR count). The number of nitrogens with zero attached hydrogens (tertiary/aromatic N) is 5. The molecule has 0 aliphatic carbocycles. The van der Waals surface area contributed by atoms with Crippen molar-refractivity contribution in [1.29, 1.82) is 0 Å². The first-order valence-corrected chi connectivity index (χ1v) is 16.7. The second-order valence-corrected chi connectivity index (χ2v) is 16.3. The van der Waals surface area contributed by atoms with E-state index in [0.29, 0.717) is 17.1 Å². The van der Waals surface area contributed by atoms with Crippen LogP contribution in [0.2, 0.25) is 5.15 Å². The van der Waals surface area contributed by atoms with Crippen LogP contribution in [0.5, 0.6) is 5.75 Å². The van der Waals surface area contributed by atoms with Crippen molar-refractivity contribution in [2.24, 2.45) is 0 Å². The van der Waals surface area contributed by atoms with Gasteiger partial charge in [0.15, 0.2) is 0 Å². The smallest absolute Gasteiger partial charge is 0.0483 e. The monoisotopic (exact) mass is 566 g/mol. The molecule has 1 aliphatic rings. The minimum absolute atomic E-state index is 0.0408. The fourth-order valence-electron chi connectivity index (χ4n) is 4.19. The first-order chi connectivity index (χ1) is 17.4. The Morgan fingerprint density at radius 1 is 1.14 bits per heavy atom. The average Bonchev–Trinajstić information content (AvgIpc) is 2.86. The summed E-state index contributed by atoms with van der Waals surface area (Å²) < 4.78 is 32.4. The van der Waals surface area contributed by atoms with Crippen molar-refractivity contribution in [3.05, 3.63) is 47.6 Å². The fraction of sp³-hybridized carbons (Fsp3) is 0.375. The van der Waals surface area contributed by atoms with E-state index in [1.807, 2.05) is 24.9 Å². The summed E-state index contributed by atoms with van der Waals surface area (Å²) in [5, 5.41) is 7.32. The van der Waals surface area contributed by atoms with E-state index in [0.717, 1.165) is 31.1 Å². The predicted molar refractivity (Wildman–Crippen MR) is 151 cm³/mol. The first kappa shape index (κ1) is 27.3. The Bertz CT molecular complexity index is 1400. The molecular formula is C24H32ClN6O4PS. The molecule has 2 aromatic carbocycles. The molecular weight excluding hydrogens is 535 g/mol. The zero-order valence-electron chi connectivity index (χ0n) is 21.2. The van der Waals surface area contributed by atoms with Gasteiger partial charge in [-0.1, -0.05) is 11.6 Å². The predicted octanol–water partition coefficient (Wildman–Crippen LogP) is 3.87. The maximum atomic E-state index is 13.3. The van der Waals surface area contributed by atoms with E-state index in [1.165, 1.54) is 0 Å². The number of rotatable bonds is 7. The van der Waals surface area contributed by atoms with Crippen molar-refractivity contribution in [3.8, 4) is 5.75 Å². The summed E-state index contributed by atoms with van der Waals surface area (Å²) in [6.45, 7) is 6.75. The Hall–Kier alpha value is -2.72. The number of ether oxygens (including phenoxy) is 1. The van der Waals surface area contributed by atoms with Crippen molar-refractivity contribution in [2.45, 2.75) is 24.0 Å². The summed E-state index contributed by atoms with van der Waals surface area (Å²) in [4.78, 5) is 18.7. The molecule has 0 atom stereocenters. The number of hydrogen-bond donors (Lipinski definition) is 2. The SMILES string of the molecule is COc1cc(N2CC[PH](C)(O)CC2)ccc1N(c1nnc(Cl)c(N)n1)c1ccccc1S(=O)(=O)C(C)C. The Balaban J connectivity index is 1.89. The zero-order valence-corrected chi connectivity index (χ0v) is 23.8. The molecule has 13 heteroatoms. The third kappa shape index (κ3) is 5.60. The molecule has 0 bridgehead atoms.